The van der Waals surface area contributed by atoms with Crippen LogP contribution in [0, 0.1) is 11.3 Å². The van der Waals surface area contributed by atoms with Gasteiger partial charge in [-0.25, -0.2) is 9.97 Å². The van der Waals surface area contributed by atoms with Crippen molar-refractivity contribution in [2.24, 2.45) is 0 Å². The van der Waals surface area contributed by atoms with Gasteiger partial charge in [0, 0.05) is 32.3 Å². The van der Waals surface area contributed by atoms with Crippen molar-refractivity contribution in [3.63, 3.8) is 0 Å². The zero-order valence-electron chi connectivity index (χ0n) is 13.7. The number of likely N-dealkylation sites (N-methyl/N-ethyl adjacent to an activating group) is 1. The Morgan fingerprint density at radius 3 is 3.12 bits per heavy atom. The molecule has 1 fully saturated rings. The molecule has 0 saturated carbocycles. The molecule has 2 aromatic rings. The fourth-order valence-electron chi connectivity index (χ4n) is 3.83. The lowest BCUT2D eigenvalue weighted by atomic mass is 10.00. The molecule has 1 aliphatic carbocycles. The first-order valence-corrected chi connectivity index (χ1v) is 8.36. The molecule has 2 aliphatic rings. The summed E-state index contributed by atoms with van der Waals surface area (Å²) in [6.45, 7) is 1.39. The lowest BCUT2D eigenvalue weighted by Crippen LogP contribution is -2.33. The molecule has 1 aliphatic heterocycles. The van der Waals surface area contributed by atoms with E-state index < -0.39 is 0 Å². The first-order valence-electron chi connectivity index (χ1n) is 8.36. The number of rotatable bonds is 4. The molecule has 0 amide bonds. The molecular weight excluding hydrogens is 304 g/mol. The first kappa shape index (κ1) is 15.1. The van der Waals surface area contributed by atoms with Crippen LogP contribution in [0.5, 0.6) is 0 Å². The Bertz CT molecular complexity index is 766. The lowest BCUT2D eigenvalue weighted by Gasteiger charge is -2.26. The Morgan fingerprint density at radius 2 is 2.33 bits per heavy atom. The van der Waals surface area contributed by atoms with Gasteiger partial charge in [0.2, 0.25) is 0 Å². The Hall–Kier alpha value is -2.46. The molecule has 0 aromatic carbocycles. The van der Waals surface area contributed by atoms with Crippen LogP contribution in [0.25, 0.3) is 0 Å². The van der Waals surface area contributed by atoms with Gasteiger partial charge in [0.05, 0.1) is 11.7 Å². The van der Waals surface area contributed by atoms with E-state index in [-0.39, 0.29) is 12.0 Å². The highest BCUT2D eigenvalue weighted by atomic mass is 16.5. The van der Waals surface area contributed by atoms with Crippen molar-refractivity contribution in [1.82, 2.24) is 20.2 Å². The lowest BCUT2D eigenvalue weighted by molar-refractivity contribution is 0.108. The maximum atomic E-state index is 9.62. The Balaban J connectivity index is 1.57. The van der Waals surface area contributed by atoms with E-state index in [2.05, 4.69) is 26.2 Å². The third-order valence-electron chi connectivity index (χ3n) is 5.05. The molecule has 0 unspecified atom stereocenters. The fourth-order valence-corrected chi connectivity index (χ4v) is 3.83. The van der Waals surface area contributed by atoms with Crippen molar-refractivity contribution in [3.8, 4) is 6.07 Å². The number of nitrogens with one attached hydrogen (secondary N) is 1. The van der Waals surface area contributed by atoms with Crippen LogP contribution in [0.3, 0.4) is 0 Å². The highest BCUT2D eigenvalue weighted by Crippen LogP contribution is 2.32. The Labute approximate surface area is 140 Å². The minimum Gasteiger partial charge on any atom is -0.376 e. The van der Waals surface area contributed by atoms with Crippen molar-refractivity contribution >= 4 is 5.82 Å². The van der Waals surface area contributed by atoms with Gasteiger partial charge in [-0.1, -0.05) is 0 Å². The molecule has 0 radical (unpaired) electrons. The molecule has 7 nitrogen and oxygen atoms in total. The number of aromatic nitrogens is 4. The summed E-state index contributed by atoms with van der Waals surface area (Å²) in [7, 11) is 1.98. The van der Waals surface area contributed by atoms with Gasteiger partial charge in [0.25, 0.3) is 0 Å². The number of nitriles is 1. The van der Waals surface area contributed by atoms with Gasteiger partial charge in [-0.15, -0.1) is 0 Å². The summed E-state index contributed by atoms with van der Waals surface area (Å²) in [5.41, 5.74) is 3.12. The van der Waals surface area contributed by atoms with Crippen molar-refractivity contribution in [2.75, 3.05) is 25.1 Å². The summed E-state index contributed by atoms with van der Waals surface area (Å²) in [6.07, 6.45) is 7.52. The van der Waals surface area contributed by atoms with Crippen LogP contribution in [-0.2, 0) is 17.6 Å². The molecule has 0 bridgehead atoms. The van der Waals surface area contributed by atoms with E-state index in [1.165, 1.54) is 17.5 Å². The summed E-state index contributed by atoms with van der Waals surface area (Å²) in [5.74, 6) is 1.83. The number of H-pyrrole nitrogens is 1. The molecule has 0 spiro atoms. The van der Waals surface area contributed by atoms with Crippen LogP contribution in [0.4, 0.5) is 5.82 Å². The van der Waals surface area contributed by atoms with Crippen LogP contribution in [0.2, 0.25) is 0 Å². The van der Waals surface area contributed by atoms with Crippen LogP contribution >= 0.6 is 0 Å². The summed E-state index contributed by atoms with van der Waals surface area (Å²) >= 11 is 0. The first-order chi connectivity index (χ1) is 11.8. The molecule has 1 saturated heterocycles. The minimum atomic E-state index is 0.0181. The fraction of sp³-hybridized carbons (Fsp3) is 0.529. The van der Waals surface area contributed by atoms with Crippen LogP contribution in [-0.4, -0.2) is 46.5 Å². The Kier molecular flexibility index (Phi) is 3.90. The number of fused-ring (bicyclic) bond motifs is 1. The number of hydrogen-bond donors (Lipinski definition) is 1. The van der Waals surface area contributed by atoms with E-state index in [0.29, 0.717) is 13.2 Å². The molecule has 2 aromatic heterocycles. The van der Waals surface area contributed by atoms with E-state index >= 15 is 0 Å². The van der Waals surface area contributed by atoms with Crippen molar-refractivity contribution < 1.29 is 4.74 Å². The van der Waals surface area contributed by atoms with Gasteiger partial charge >= 0.3 is 0 Å². The third-order valence-corrected chi connectivity index (χ3v) is 5.05. The van der Waals surface area contributed by atoms with E-state index in [4.69, 9.17) is 4.74 Å². The van der Waals surface area contributed by atoms with Crippen LogP contribution in [0.1, 0.15) is 41.3 Å². The second-order valence-electron chi connectivity index (χ2n) is 6.48. The maximum Gasteiger partial charge on any atom is 0.146 e. The number of aryl methyl sites for hydroxylation is 1. The number of hydrogen-bond acceptors (Lipinski definition) is 6. The number of nitrogens with zero attached hydrogens (tertiary/aromatic N) is 5. The number of pyridine rings is 1. The van der Waals surface area contributed by atoms with Crippen LogP contribution in [0.15, 0.2) is 12.5 Å². The number of ether oxygens (including phenoxy) is 1. The van der Waals surface area contributed by atoms with Crippen molar-refractivity contribution in [3.05, 3.63) is 35.0 Å². The molecular formula is C17H20N6O. The van der Waals surface area contributed by atoms with E-state index in [0.717, 1.165) is 42.9 Å². The summed E-state index contributed by atoms with van der Waals surface area (Å²) in [4.78, 5) is 10.9. The van der Waals surface area contributed by atoms with Crippen LogP contribution < -0.4 is 4.90 Å². The average Bonchev–Trinajstić information content (AvgIpc) is 3.33. The second-order valence-corrected chi connectivity index (χ2v) is 6.48. The SMILES string of the molecule is CN(C[C@H]1OCC[C@H]1c1ncn[nH]1)c1ncc2c(c1C#N)CCC2. The average molecular weight is 324 g/mol. The predicted molar refractivity (Wildman–Crippen MR) is 87.7 cm³/mol. The van der Waals surface area contributed by atoms with Gasteiger partial charge in [0.1, 0.15) is 24.0 Å². The zero-order valence-corrected chi connectivity index (χ0v) is 13.7. The molecule has 124 valence electrons. The zero-order chi connectivity index (χ0) is 16.5. The van der Waals surface area contributed by atoms with Gasteiger partial charge < -0.3 is 9.64 Å². The molecule has 2 atom stereocenters. The molecule has 1 N–H and O–H groups in total. The van der Waals surface area contributed by atoms with Crippen molar-refractivity contribution in [1.29, 1.82) is 5.26 Å². The second kappa shape index (κ2) is 6.21. The summed E-state index contributed by atoms with van der Waals surface area (Å²) < 4.78 is 5.91. The van der Waals surface area contributed by atoms with E-state index in [1.807, 2.05) is 18.1 Å². The van der Waals surface area contributed by atoms with Gasteiger partial charge in [-0.3, -0.25) is 5.10 Å². The normalized spacial score (nSPS) is 22.3. The topological polar surface area (TPSA) is 90.7 Å². The maximum absolute atomic E-state index is 9.62. The molecule has 3 heterocycles. The summed E-state index contributed by atoms with van der Waals surface area (Å²) in [6, 6.07) is 2.37. The quantitative estimate of drug-likeness (QED) is 0.918. The van der Waals surface area contributed by atoms with Crippen molar-refractivity contribution in [2.45, 2.75) is 37.7 Å². The third kappa shape index (κ3) is 2.53. The van der Waals surface area contributed by atoms with Gasteiger partial charge in [0.15, 0.2) is 0 Å². The van der Waals surface area contributed by atoms with E-state index in [1.54, 1.807) is 0 Å². The molecule has 7 heteroatoms. The predicted octanol–water partition coefficient (Wildman–Crippen LogP) is 1.57. The monoisotopic (exact) mass is 324 g/mol. The number of aromatic amines is 1. The highest BCUT2D eigenvalue weighted by molar-refractivity contribution is 5.60. The molecule has 4 rings (SSSR count). The van der Waals surface area contributed by atoms with Gasteiger partial charge in [-0.2, -0.15) is 10.4 Å². The standard InChI is InChI=1S/C17H20N6O/c1-23(9-15-13(5-6-24-15)16-20-10-21-22-16)17-14(7-18)12-4-2-3-11(12)8-19-17/h8,10,13,15H,2-6,9H2,1H3,(H,20,21,22)/t13-,15-/m1/s1. The minimum absolute atomic E-state index is 0.0181. The molecule has 24 heavy (non-hydrogen) atoms. The van der Waals surface area contributed by atoms with Gasteiger partial charge in [-0.05, 0) is 36.8 Å². The van der Waals surface area contributed by atoms with E-state index in [9.17, 15) is 5.26 Å². The largest absolute Gasteiger partial charge is 0.376 e. The smallest absolute Gasteiger partial charge is 0.146 e. The summed E-state index contributed by atoms with van der Waals surface area (Å²) in [5, 5.41) is 16.5. The Morgan fingerprint density at radius 1 is 1.42 bits per heavy atom. The number of anilines is 1. The highest BCUT2D eigenvalue weighted by Gasteiger charge is 2.33.